The highest BCUT2D eigenvalue weighted by Crippen LogP contribution is 2.34. The van der Waals surface area contributed by atoms with E-state index in [9.17, 15) is 9.59 Å². The van der Waals surface area contributed by atoms with Gasteiger partial charge in [0.2, 0.25) is 0 Å². The zero-order chi connectivity index (χ0) is 19.9. The lowest BCUT2D eigenvalue weighted by atomic mass is 10.0. The van der Waals surface area contributed by atoms with Gasteiger partial charge < -0.3 is 15.5 Å². The number of carboxylic acid groups (broad SMARTS) is 2. The van der Waals surface area contributed by atoms with Gasteiger partial charge in [-0.25, -0.2) is 14.6 Å². The van der Waals surface area contributed by atoms with E-state index >= 15 is 0 Å². The van der Waals surface area contributed by atoms with E-state index in [1.165, 1.54) is 16.3 Å². The number of carbonyl (C=O) groups is 2. The van der Waals surface area contributed by atoms with E-state index in [2.05, 4.69) is 52.8 Å². The fourth-order valence-corrected chi connectivity index (χ4v) is 2.76. The Morgan fingerprint density at radius 1 is 0.964 bits per heavy atom. The van der Waals surface area contributed by atoms with Crippen LogP contribution < -0.4 is 5.32 Å². The minimum atomic E-state index is -1.26. The summed E-state index contributed by atoms with van der Waals surface area (Å²) in [6, 6.07) is 16.6. The Bertz CT molecular complexity index is 1050. The van der Waals surface area contributed by atoms with Crippen molar-refractivity contribution in [2.75, 3.05) is 0 Å². The number of hydrogen-bond acceptors (Lipinski definition) is 5. The Hall–Kier alpha value is -4.00. The van der Waals surface area contributed by atoms with Gasteiger partial charge in [0.05, 0.1) is 5.69 Å². The lowest BCUT2D eigenvalue weighted by Gasteiger charge is -2.07. The van der Waals surface area contributed by atoms with Crippen LogP contribution in [0.2, 0.25) is 0 Å². The van der Waals surface area contributed by atoms with Crippen LogP contribution in [0.25, 0.3) is 10.8 Å². The molecule has 0 radical (unpaired) electrons. The molecule has 4 rings (SSSR count). The number of benzene rings is 2. The summed E-state index contributed by atoms with van der Waals surface area (Å²) in [5, 5.41) is 21.5. The minimum absolute atomic E-state index is 0.558. The highest BCUT2D eigenvalue weighted by Gasteiger charge is 2.17. The summed E-state index contributed by atoms with van der Waals surface area (Å²) in [5.74, 6) is -1.57. The maximum Gasteiger partial charge on any atom is 0.328 e. The van der Waals surface area contributed by atoms with E-state index in [0.29, 0.717) is 12.2 Å². The maximum absolute atomic E-state index is 9.55. The molecule has 0 aliphatic carbocycles. The van der Waals surface area contributed by atoms with Gasteiger partial charge in [0.25, 0.3) is 0 Å². The Morgan fingerprint density at radius 2 is 1.68 bits per heavy atom. The first-order valence-electron chi connectivity index (χ1n) is 8.42. The van der Waals surface area contributed by atoms with Gasteiger partial charge >= 0.3 is 11.9 Å². The largest absolute Gasteiger partial charge is 0.478 e. The second kappa shape index (κ2) is 8.59. The number of nitrogens with zero attached hydrogens (tertiary/aromatic N) is 2. The predicted molar refractivity (Wildman–Crippen MR) is 106 cm³/mol. The quantitative estimate of drug-likeness (QED) is 0.604. The number of carboxylic acids is 2. The molecule has 7 nitrogen and oxygen atoms in total. The molecule has 7 heteroatoms. The molecule has 0 fully saturated rings. The Kier molecular flexibility index (Phi) is 5.76. The molecular formula is C21H17N3O4. The SMILES string of the molecule is O=C(O)/C=C/C(=O)O.c1cncc(CNC2=Nc3cccc4cccc2c34)c1. The molecular weight excluding hydrogens is 358 g/mol. The number of pyridine rings is 1. The van der Waals surface area contributed by atoms with Crippen LogP contribution in [-0.2, 0) is 16.1 Å². The van der Waals surface area contributed by atoms with Crippen LogP contribution in [0.4, 0.5) is 5.69 Å². The van der Waals surface area contributed by atoms with Gasteiger partial charge in [-0.2, -0.15) is 0 Å². The van der Waals surface area contributed by atoms with Crippen molar-refractivity contribution >= 4 is 34.2 Å². The van der Waals surface area contributed by atoms with Gasteiger partial charge in [0.15, 0.2) is 0 Å². The molecule has 140 valence electrons. The number of amidine groups is 1. The van der Waals surface area contributed by atoms with Crippen molar-refractivity contribution in [3.63, 3.8) is 0 Å². The lowest BCUT2D eigenvalue weighted by Crippen LogP contribution is -2.22. The van der Waals surface area contributed by atoms with Crippen molar-refractivity contribution in [1.82, 2.24) is 10.3 Å². The van der Waals surface area contributed by atoms with Crippen LogP contribution in [0.5, 0.6) is 0 Å². The third-order valence-corrected chi connectivity index (χ3v) is 3.92. The van der Waals surface area contributed by atoms with Gasteiger partial charge in [-0.05, 0) is 23.1 Å². The first-order valence-corrected chi connectivity index (χ1v) is 8.42. The average Bonchev–Trinajstić information content (AvgIpc) is 3.06. The molecule has 1 aliphatic rings. The molecule has 1 aliphatic heterocycles. The zero-order valence-corrected chi connectivity index (χ0v) is 14.7. The monoisotopic (exact) mass is 375 g/mol. The number of aliphatic carboxylic acids is 2. The molecule has 0 saturated carbocycles. The smallest absolute Gasteiger partial charge is 0.328 e. The first-order chi connectivity index (χ1) is 13.5. The van der Waals surface area contributed by atoms with Crippen LogP contribution >= 0.6 is 0 Å². The van der Waals surface area contributed by atoms with Crippen LogP contribution in [0, 0.1) is 0 Å². The summed E-state index contributed by atoms with van der Waals surface area (Å²) < 4.78 is 0. The topological polar surface area (TPSA) is 112 Å². The van der Waals surface area contributed by atoms with Crippen molar-refractivity contribution in [1.29, 1.82) is 0 Å². The fourth-order valence-electron chi connectivity index (χ4n) is 2.76. The molecule has 0 saturated heterocycles. The predicted octanol–water partition coefficient (Wildman–Crippen LogP) is 3.13. The molecule has 3 N–H and O–H groups in total. The molecule has 0 amide bonds. The molecule has 2 aromatic carbocycles. The number of hydrogen-bond donors (Lipinski definition) is 3. The first kappa shape index (κ1) is 18.8. The van der Waals surface area contributed by atoms with Crippen molar-refractivity contribution < 1.29 is 19.8 Å². The Labute approximate surface area is 160 Å². The maximum atomic E-state index is 9.55. The molecule has 2 heterocycles. The molecule has 0 unspecified atom stereocenters. The second-order valence-corrected chi connectivity index (χ2v) is 5.87. The van der Waals surface area contributed by atoms with Crippen LogP contribution in [0.1, 0.15) is 11.1 Å². The Morgan fingerprint density at radius 3 is 2.32 bits per heavy atom. The van der Waals surface area contributed by atoms with Gasteiger partial charge in [-0.15, -0.1) is 0 Å². The standard InChI is InChI=1S/C17H13N3.C4H4O4/c1-5-13-6-2-8-15-16(13)14(7-1)17(20-15)19-11-12-4-3-9-18-10-12;5-3(6)1-2-4(7)8/h1-10H,11H2,(H,19,20);1-2H,(H,5,6)(H,7,8)/b;2-1+. The normalized spacial score (nSPS) is 11.6. The number of rotatable bonds is 4. The van der Waals surface area contributed by atoms with Gasteiger partial charge in [0.1, 0.15) is 5.84 Å². The van der Waals surface area contributed by atoms with Crippen LogP contribution in [0.15, 0.2) is 78.1 Å². The number of aromatic nitrogens is 1. The van der Waals surface area contributed by atoms with Gasteiger partial charge in [-0.1, -0.05) is 36.4 Å². The van der Waals surface area contributed by atoms with E-state index in [1.54, 1.807) is 6.20 Å². The van der Waals surface area contributed by atoms with Crippen LogP contribution in [0.3, 0.4) is 0 Å². The van der Waals surface area contributed by atoms with Gasteiger partial charge in [0, 0.05) is 42.0 Å². The fraction of sp³-hybridized carbons (Fsp3) is 0.0476. The highest BCUT2D eigenvalue weighted by atomic mass is 16.4. The van der Waals surface area contributed by atoms with E-state index < -0.39 is 11.9 Å². The molecule has 0 bridgehead atoms. The third-order valence-electron chi connectivity index (χ3n) is 3.92. The van der Waals surface area contributed by atoms with Crippen LogP contribution in [-0.4, -0.2) is 33.0 Å². The molecule has 0 atom stereocenters. The number of aliphatic imine (C=N–C) groups is 1. The van der Waals surface area contributed by atoms with Crippen molar-refractivity contribution in [2.45, 2.75) is 6.54 Å². The van der Waals surface area contributed by atoms with E-state index in [0.717, 1.165) is 23.6 Å². The van der Waals surface area contributed by atoms with Crippen molar-refractivity contribution in [2.24, 2.45) is 4.99 Å². The number of nitrogens with one attached hydrogen (secondary N) is 1. The highest BCUT2D eigenvalue weighted by molar-refractivity contribution is 6.18. The van der Waals surface area contributed by atoms with E-state index in [1.807, 2.05) is 12.3 Å². The molecule has 0 spiro atoms. The average molecular weight is 375 g/mol. The summed E-state index contributed by atoms with van der Waals surface area (Å²) in [6.07, 6.45) is 4.77. The van der Waals surface area contributed by atoms with Crippen molar-refractivity contribution in [3.05, 3.63) is 84.2 Å². The summed E-state index contributed by atoms with van der Waals surface area (Å²) in [7, 11) is 0. The van der Waals surface area contributed by atoms with Gasteiger partial charge in [-0.3, -0.25) is 4.98 Å². The summed E-state index contributed by atoms with van der Waals surface area (Å²) in [4.78, 5) is 27.9. The van der Waals surface area contributed by atoms with E-state index in [-0.39, 0.29) is 0 Å². The van der Waals surface area contributed by atoms with E-state index in [4.69, 9.17) is 15.2 Å². The molecule has 3 aromatic rings. The summed E-state index contributed by atoms with van der Waals surface area (Å²) >= 11 is 0. The molecule has 1 aromatic heterocycles. The third kappa shape index (κ3) is 4.59. The second-order valence-electron chi connectivity index (χ2n) is 5.87. The Balaban J connectivity index is 0.000000242. The minimum Gasteiger partial charge on any atom is -0.478 e. The molecule has 28 heavy (non-hydrogen) atoms. The lowest BCUT2D eigenvalue weighted by molar-refractivity contribution is -0.134. The van der Waals surface area contributed by atoms with Crippen molar-refractivity contribution in [3.8, 4) is 0 Å². The summed E-state index contributed by atoms with van der Waals surface area (Å²) in [5.41, 5.74) is 3.38. The zero-order valence-electron chi connectivity index (χ0n) is 14.7. The summed E-state index contributed by atoms with van der Waals surface area (Å²) in [6.45, 7) is 0.733.